The van der Waals surface area contributed by atoms with Gasteiger partial charge in [-0.1, -0.05) is 12.1 Å². The first-order chi connectivity index (χ1) is 22.3. The lowest BCUT2D eigenvalue weighted by molar-refractivity contribution is -0.119. The van der Waals surface area contributed by atoms with Crippen molar-refractivity contribution in [2.24, 2.45) is 17.2 Å². The highest BCUT2D eigenvalue weighted by Gasteiger charge is 2.37. The maximum absolute atomic E-state index is 11.2. The number of nitrogens with two attached hydrogens (primary N) is 3. The summed E-state index contributed by atoms with van der Waals surface area (Å²) in [6, 6.07) is 8.39. The van der Waals surface area contributed by atoms with E-state index in [0.717, 1.165) is 82.2 Å². The Labute approximate surface area is 272 Å². The molecular formula is C34H50N10O2. The number of piperidine rings is 1. The van der Waals surface area contributed by atoms with E-state index in [4.69, 9.17) is 27.2 Å². The minimum atomic E-state index is -0.240. The molecule has 46 heavy (non-hydrogen) atoms. The van der Waals surface area contributed by atoms with Gasteiger partial charge in [0.25, 0.3) is 0 Å². The van der Waals surface area contributed by atoms with Crippen LogP contribution in [0.3, 0.4) is 0 Å². The van der Waals surface area contributed by atoms with Crippen molar-refractivity contribution in [1.82, 2.24) is 35.3 Å². The van der Waals surface area contributed by atoms with Crippen molar-refractivity contribution < 1.29 is 9.90 Å². The molecular weight excluding hydrogens is 580 g/mol. The van der Waals surface area contributed by atoms with E-state index in [1.165, 1.54) is 18.4 Å². The second-order valence-electron chi connectivity index (χ2n) is 13.5. The zero-order chi connectivity index (χ0) is 32.2. The van der Waals surface area contributed by atoms with Crippen LogP contribution in [0.4, 0.5) is 0 Å². The fourth-order valence-corrected chi connectivity index (χ4v) is 8.05. The van der Waals surface area contributed by atoms with Crippen LogP contribution in [-0.2, 0) is 4.79 Å². The van der Waals surface area contributed by atoms with E-state index in [-0.39, 0.29) is 29.6 Å². The van der Waals surface area contributed by atoms with E-state index in [9.17, 15) is 9.90 Å². The molecule has 2 unspecified atom stereocenters. The summed E-state index contributed by atoms with van der Waals surface area (Å²) in [6.07, 6.45) is 12.7. The van der Waals surface area contributed by atoms with Crippen LogP contribution < -0.4 is 27.8 Å². The van der Waals surface area contributed by atoms with Crippen molar-refractivity contribution >= 4 is 11.6 Å². The van der Waals surface area contributed by atoms with Crippen LogP contribution in [0.15, 0.2) is 54.3 Å². The maximum atomic E-state index is 11.2. The van der Waals surface area contributed by atoms with Crippen LogP contribution in [0, 0.1) is 0 Å². The van der Waals surface area contributed by atoms with Gasteiger partial charge in [0.1, 0.15) is 17.4 Å². The summed E-state index contributed by atoms with van der Waals surface area (Å²) < 4.78 is 0. The topological polar surface area (TPSA) is 175 Å². The largest absolute Gasteiger partial charge is 0.507 e. The fraction of sp³-hybridized carbons (Fsp3) is 0.559. The van der Waals surface area contributed by atoms with Crippen molar-refractivity contribution in [2.45, 2.75) is 68.5 Å². The smallest absolute Gasteiger partial charge is 0.231 e. The third-order valence-electron chi connectivity index (χ3n) is 10.4. The number of aromatic nitrogens is 2. The zero-order valence-corrected chi connectivity index (χ0v) is 26.9. The number of carbonyl (C=O) groups is 1. The molecule has 0 spiro atoms. The molecule has 1 aliphatic carbocycles. The number of nitrogens with zero attached hydrogens (tertiary/aromatic N) is 5. The first-order valence-electron chi connectivity index (χ1n) is 16.8. The number of fused-ring (bicyclic) bond motifs is 2. The molecule has 2 bridgehead atoms. The summed E-state index contributed by atoms with van der Waals surface area (Å²) in [7, 11) is 1.83. The third-order valence-corrected chi connectivity index (χ3v) is 10.4. The third kappa shape index (κ3) is 7.40. The predicted molar refractivity (Wildman–Crippen MR) is 179 cm³/mol. The molecule has 12 heteroatoms. The van der Waals surface area contributed by atoms with Gasteiger partial charge < -0.3 is 37.8 Å². The van der Waals surface area contributed by atoms with E-state index in [2.05, 4.69) is 37.7 Å². The van der Waals surface area contributed by atoms with Crippen molar-refractivity contribution in [3.8, 4) is 5.75 Å². The second-order valence-corrected chi connectivity index (χ2v) is 13.5. The quantitative estimate of drug-likeness (QED) is 0.220. The zero-order valence-electron chi connectivity index (χ0n) is 26.9. The van der Waals surface area contributed by atoms with Crippen molar-refractivity contribution in [2.75, 3.05) is 52.9 Å². The number of rotatable bonds is 9. The normalized spacial score (nSPS) is 27.6. The average Bonchev–Trinajstić information content (AvgIpc) is 3.05. The lowest BCUT2D eigenvalue weighted by Crippen LogP contribution is -2.59. The lowest BCUT2D eigenvalue weighted by atomic mass is 9.81. The summed E-state index contributed by atoms with van der Waals surface area (Å²) in [5, 5.41) is 17.4. The number of allylic oxidation sites excluding steroid dienone is 1. The van der Waals surface area contributed by atoms with Crippen molar-refractivity contribution in [3.05, 3.63) is 71.2 Å². The SMILES string of the molecule is CN/C(=C\C(=C(N)N)N1CC2CC(c3ncc(C4CCC(N5CCN(CC(N)=O)CC5)CC4)cn3)CC(C1)N2)c1ccccc1O. The van der Waals surface area contributed by atoms with Gasteiger partial charge in [-0.05, 0) is 68.2 Å². The number of hydrogen-bond donors (Lipinski definition) is 6. The molecule has 4 heterocycles. The van der Waals surface area contributed by atoms with Crippen LogP contribution in [-0.4, -0.2) is 107 Å². The molecule has 3 saturated heterocycles. The molecule has 4 aliphatic rings. The minimum absolute atomic E-state index is 0.199. The van der Waals surface area contributed by atoms with E-state index in [1.54, 1.807) is 12.1 Å². The summed E-state index contributed by atoms with van der Waals surface area (Å²) in [6.45, 7) is 5.78. The number of nitrogens with one attached hydrogen (secondary N) is 2. The molecule has 12 nitrogen and oxygen atoms in total. The van der Waals surface area contributed by atoms with Gasteiger partial charge in [-0.15, -0.1) is 0 Å². The van der Waals surface area contributed by atoms with Crippen LogP contribution in [0.5, 0.6) is 5.75 Å². The van der Waals surface area contributed by atoms with Crippen LogP contribution in [0.1, 0.15) is 67.3 Å². The Morgan fingerprint density at radius 1 is 0.978 bits per heavy atom. The van der Waals surface area contributed by atoms with Gasteiger partial charge in [-0.25, -0.2) is 9.97 Å². The molecule has 1 amide bonds. The number of carbonyl (C=O) groups excluding carboxylic acids is 1. The van der Waals surface area contributed by atoms with Crippen LogP contribution in [0.2, 0.25) is 0 Å². The number of likely N-dealkylation sites (tertiary alicyclic amines) is 1. The van der Waals surface area contributed by atoms with E-state index >= 15 is 0 Å². The number of aromatic hydroxyl groups is 1. The summed E-state index contributed by atoms with van der Waals surface area (Å²) in [5.74, 6) is 1.99. The Balaban J connectivity index is 1.03. The molecule has 3 aliphatic heterocycles. The maximum Gasteiger partial charge on any atom is 0.231 e. The summed E-state index contributed by atoms with van der Waals surface area (Å²) in [5.41, 5.74) is 21.3. The molecule has 1 saturated carbocycles. The lowest BCUT2D eigenvalue weighted by Gasteiger charge is -2.46. The highest BCUT2D eigenvalue weighted by Crippen LogP contribution is 2.37. The molecule has 0 radical (unpaired) electrons. The van der Waals surface area contributed by atoms with Gasteiger partial charge in [-0.3, -0.25) is 14.6 Å². The molecule has 2 aromatic rings. The Morgan fingerprint density at radius 3 is 2.22 bits per heavy atom. The fourth-order valence-electron chi connectivity index (χ4n) is 8.05. The van der Waals surface area contributed by atoms with Gasteiger partial charge in [0.05, 0.1) is 12.2 Å². The van der Waals surface area contributed by atoms with Crippen LogP contribution in [0.25, 0.3) is 5.70 Å². The predicted octanol–water partition coefficient (Wildman–Crippen LogP) is 1.18. The molecule has 1 aromatic heterocycles. The summed E-state index contributed by atoms with van der Waals surface area (Å²) in [4.78, 5) is 28.1. The van der Waals surface area contributed by atoms with Gasteiger partial charge in [0.15, 0.2) is 0 Å². The monoisotopic (exact) mass is 630 g/mol. The second kappa shape index (κ2) is 14.3. The van der Waals surface area contributed by atoms with Crippen molar-refractivity contribution in [3.63, 3.8) is 0 Å². The van der Waals surface area contributed by atoms with E-state index < -0.39 is 0 Å². The summed E-state index contributed by atoms with van der Waals surface area (Å²) >= 11 is 0. The molecule has 9 N–H and O–H groups in total. The standard InChI is InChI=1S/C34H50N10O2/c1-38-29(28-4-2-3-5-31(28)45)16-30(33(36)37)44-19-25-14-23(15-26(20-44)41-25)34-39-17-24(18-40-34)22-6-8-27(9-7-22)43-12-10-42(11-13-43)21-32(35)46/h2-5,16-18,22-23,25-27,38,41,45H,6-15,19-21,36-37H2,1H3,(H2,35,46)/b29-16-. The molecule has 6 rings (SSSR count). The highest BCUT2D eigenvalue weighted by atomic mass is 16.3. The Hall–Kier alpha value is -3.87. The Kier molecular flexibility index (Phi) is 9.95. The minimum Gasteiger partial charge on any atom is -0.507 e. The Morgan fingerprint density at radius 2 is 1.63 bits per heavy atom. The van der Waals surface area contributed by atoms with Crippen molar-refractivity contribution in [1.29, 1.82) is 0 Å². The number of phenols is 1. The number of benzene rings is 1. The number of para-hydroxylation sites is 1. The van der Waals surface area contributed by atoms with E-state index in [0.29, 0.717) is 30.0 Å². The van der Waals surface area contributed by atoms with Gasteiger partial charge in [-0.2, -0.15) is 0 Å². The number of piperazine rings is 2. The number of primary amides is 1. The van der Waals surface area contributed by atoms with E-state index in [1.807, 2.05) is 25.3 Å². The van der Waals surface area contributed by atoms with Gasteiger partial charge in [0.2, 0.25) is 5.91 Å². The number of hydrogen-bond acceptors (Lipinski definition) is 11. The first-order valence-corrected chi connectivity index (χ1v) is 16.8. The Bertz CT molecular complexity index is 1400. The van der Waals surface area contributed by atoms with Gasteiger partial charge in [0, 0.05) is 94.0 Å². The molecule has 1 aromatic carbocycles. The number of amides is 1. The van der Waals surface area contributed by atoms with Crippen LogP contribution >= 0.6 is 0 Å². The first kappa shape index (κ1) is 32.1. The molecule has 4 fully saturated rings. The highest BCUT2D eigenvalue weighted by molar-refractivity contribution is 5.76. The molecule has 2 atom stereocenters. The molecule has 248 valence electrons. The average molecular weight is 631 g/mol. The van der Waals surface area contributed by atoms with Gasteiger partial charge >= 0.3 is 0 Å². The number of phenolic OH excluding ortho intramolecular Hbond substituents is 1.